The third-order valence-corrected chi connectivity index (χ3v) is 10.2. The lowest BCUT2D eigenvalue weighted by atomic mass is 9.44. The Labute approximate surface area is 165 Å². The third kappa shape index (κ3) is 3.16. The van der Waals surface area contributed by atoms with E-state index in [-0.39, 0.29) is 6.10 Å². The summed E-state index contributed by atoms with van der Waals surface area (Å²) in [7, 11) is 0. The average Bonchev–Trinajstić information content (AvgIpc) is 2.97. The molecule has 3 nitrogen and oxygen atoms in total. The predicted molar refractivity (Wildman–Crippen MR) is 107 cm³/mol. The first-order valence-electron chi connectivity index (χ1n) is 11.7. The molecule has 3 unspecified atom stereocenters. The van der Waals surface area contributed by atoms with Crippen molar-refractivity contribution in [1.29, 1.82) is 0 Å². The largest absolute Gasteiger partial charge is 0.481 e. The number of hydrogen-bond donors (Lipinski definition) is 2. The fourth-order valence-electron chi connectivity index (χ4n) is 8.76. The minimum absolute atomic E-state index is 0.0561. The van der Waals surface area contributed by atoms with Crippen LogP contribution in [0.15, 0.2) is 0 Å². The number of carboxylic acid groups (broad SMARTS) is 1. The molecule has 4 aliphatic carbocycles. The van der Waals surface area contributed by atoms with Crippen molar-refractivity contribution in [2.24, 2.45) is 46.3 Å². The molecule has 3 heteroatoms. The molecule has 0 aromatic heterocycles. The Morgan fingerprint density at radius 1 is 1.00 bits per heavy atom. The molecule has 27 heavy (non-hydrogen) atoms. The lowest BCUT2D eigenvalue weighted by Crippen LogP contribution is -2.54. The minimum Gasteiger partial charge on any atom is -0.481 e. The van der Waals surface area contributed by atoms with Gasteiger partial charge < -0.3 is 10.2 Å². The quantitative estimate of drug-likeness (QED) is 0.680. The molecule has 0 heterocycles. The van der Waals surface area contributed by atoms with E-state index in [1.807, 2.05) is 0 Å². The first kappa shape index (κ1) is 19.7. The Bertz CT molecular complexity index is 574. The van der Waals surface area contributed by atoms with Crippen molar-refractivity contribution in [2.45, 2.75) is 97.5 Å². The summed E-state index contributed by atoms with van der Waals surface area (Å²) in [6.07, 6.45) is 12.4. The highest BCUT2D eigenvalue weighted by molar-refractivity contribution is 5.66. The van der Waals surface area contributed by atoms with Crippen LogP contribution in [-0.4, -0.2) is 22.3 Å². The maximum Gasteiger partial charge on any atom is 0.303 e. The van der Waals surface area contributed by atoms with E-state index in [0.717, 1.165) is 42.9 Å². The Balaban J connectivity index is 1.51. The molecule has 4 fully saturated rings. The topological polar surface area (TPSA) is 57.5 Å². The van der Waals surface area contributed by atoms with Crippen molar-refractivity contribution in [3.63, 3.8) is 0 Å². The van der Waals surface area contributed by atoms with Crippen molar-refractivity contribution >= 4 is 5.97 Å². The van der Waals surface area contributed by atoms with E-state index in [0.29, 0.717) is 29.1 Å². The van der Waals surface area contributed by atoms with E-state index in [1.54, 1.807) is 0 Å². The van der Waals surface area contributed by atoms with Gasteiger partial charge in [-0.2, -0.15) is 0 Å². The molecule has 0 aliphatic heterocycles. The lowest BCUT2D eigenvalue weighted by Gasteiger charge is -2.61. The summed E-state index contributed by atoms with van der Waals surface area (Å²) < 4.78 is 0. The third-order valence-electron chi connectivity index (χ3n) is 10.2. The summed E-state index contributed by atoms with van der Waals surface area (Å²) in [5.41, 5.74) is 0.882. The molecule has 4 aliphatic rings. The van der Waals surface area contributed by atoms with Crippen molar-refractivity contribution in [2.75, 3.05) is 0 Å². The zero-order valence-corrected chi connectivity index (χ0v) is 17.6. The molecule has 9 atom stereocenters. The second-order valence-corrected chi connectivity index (χ2v) is 11.2. The van der Waals surface area contributed by atoms with Gasteiger partial charge in [-0.15, -0.1) is 0 Å². The number of carboxylic acids is 1. The van der Waals surface area contributed by atoms with Gasteiger partial charge in [-0.05, 0) is 111 Å². The summed E-state index contributed by atoms with van der Waals surface area (Å²) in [6.45, 7) is 7.43. The molecule has 2 N–H and O–H groups in total. The van der Waals surface area contributed by atoms with Gasteiger partial charge in [-0.1, -0.05) is 20.8 Å². The average molecular weight is 377 g/mol. The maximum absolute atomic E-state index is 11.0. The Morgan fingerprint density at radius 3 is 2.44 bits per heavy atom. The number of fused-ring (bicyclic) bond motifs is 5. The molecular formula is C24H40O3. The fourth-order valence-corrected chi connectivity index (χ4v) is 8.76. The minimum atomic E-state index is -0.643. The van der Waals surface area contributed by atoms with Crippen molar-refractivity contribution in [3.8, 4) is 0 Å². The van der Waals surface area contributed by atoms with E-state index < -0.39 is 5.97 Å². The van der Waals surface area contributed by atoms with Gasteiger partial charge in [0.1, 0.15) is 0 Å². The van der Waals surface area contributed by atoms with Crippen LogP contribution in [0, 0.1) is 46.3 Å². The first-order chi connectivity index (χ1) is 12.8. The van der Waals surface area contributed by atoms with Crippen LogP contribution in [-0.2, 0) is 4.79 Å². The van der Waals surface area contributed by atoms with E-state index in [4.69, 9.17) is 5.11 Å². The number of carbonyl (C=O) groups is 1. The van der Waals surface area contributed by atoms with Gasteiger partial charge >= 0.3 is 5.97 Å². The highest BCUT2D eigenvalue weighted by Gasteiger charge is 2.60. The molecule has 0 amide bonds. The molecule has 0 spiro atoms. The van der Waals surface area contributed by atoms with Gasteiger partial charge in [-0.3, -0.25) is 4.79 Å². The summed E-state index contributed by atoms with van der Waals surface area (Å²) >= 11 is 0. The molecule has 0 radical (unpaired) electrons. The van der Waals surface area contributed by atoms with E-state index >= 15 is 0 Å². The molecule has 154 valence electrons. The van der Waals surface area contributed by atoms with E-state index in [1.165, 1.54) is 44.9 Å². The summed E-state index contributed by atoms with van der Waals surface area (Å²) in [4.78, 5) is 11.0. The normalized spacial score (nSPS) is 50.4. The van der Waals surface area contributed by atoms with E-state index in [9.17, 15) is 9.90 Å². The molecule has 0 aromatic carbocycles. The van der Waals surface area contributed by atoms with Gasteiger partial charge in [0.25, 0.3) is 0 Å². The second-order valence-electron chi connectivity index (χ2n) is 11.2. The van der Waals surface area contributed by atoms with Crippen LogP contribution in [0.5, 0.6) is 0 Å². The fraction of sp³-hybridized carbons (Fsp3) is 0.958. The second kappa shape index (κ2) is 7.04. The van der Waals surface area contributed by atoms with Crippen molar-refractivity contribution in [3.05, 3.63) is 0 Å². The SMILES string of the molecule is CC(CCC(=O)O)[C@H]1CC[C@H]2[C@@H]3CC[C@@H]4C[C@H](O)CCC4(C)[C@H]3CCC12C. The van der Waals surface area contributed by atoms with E-state index in [2.05, 4.69) is 20.8 Å². The number of rotatable bonds is 4. The lowest BCUT2D eigenvalue weighted by molar-refractivity contribution is -0.138. The Kier molecular flexibility index (Phi) is 5.15. The maximum atomic E-state index is 11.0. The number of aliphatic hydroxyl groups excluding tert-OH is 1. The monoisotopic (exact) mass is 376 g/mol. The van der Waals surface area contributed by atoms with Gasteiger partial charge in [-0.25, -0.2) is 0 Å². The van der Waals surface area contributed by atoms with Crippen LogP contribution in [0.4, 0.5) is 0 Å². The summed E-state index contributed by atoms with van der Waals surface area (Å²) in [5.74, 6) is 3.91. The van der Waals surface area contributed by atoms with Crippen LogP contribution in [0.3, 0.4) is 0 Å². The summed E-state index contributed by atoms with van der Waals surface area (Å²) in [5, 5.41) is 19.3. The first-order valence-corrected chi connectivity index (χ1v) is 11.7. The van der Waals surface area contributed by atoms with Crippen LogP contribution in [0.2, 0.25) is 0 Å². The smallest absolute Gasteiger partial charge is 0.303 e. The van der Waals surface area contributed by atoms with Gasteiger partial charge in [0, 0.05) is 6.42 Å². The van der Waals surface area contributed by atoms with Crippen molar-refractivity contribution in [1.82, 2.24) is 0 Å². The predicted octanol–water partition coefficient (Wildman–Crippen LogP) is 5.51. The molecule has 4 rings (SSSR count). The van der Waals surface area contributed by atoms with Crippen LogP contribution >= 0.6 is 0 Å². The highest BCUT2D eigenvalue weighted by atomic mass is 16.4. The number of aliphatic carboxylic acids is 1. The molecule has 0 aromatic rings. The molecular weight excluding hydrogens is 336 g/mol. The van der Waals surface area contributed by atoms with Gasteiger partial charge in [0.2, 0.25) is 0 Å². The zero-order chi connectivity index (χ0) is 19.4. The Morgan fingerprint density at radius 2 is 1.70 bits per heavy atom. The number of aliphatic hydroxyl groups is 1. The molecule has 0 bridgehead atoms. The highest BCUT2D eigenvalue weighted by Crippen LogP contribution is 2.68. The zero-order valence-electron chi connectivity index (χ0n) is 17.6. The summed E-state index contributed by atoms with van der Waals surface area (Å²) in [6, 6.07) is 0. The number of hydrogen-bond acceptors (Lipinski definition) is 2. The van der Waals surface area contributed by atoms with Crippen LogP contribution in [0.25, 0.3) is 0 Å². The standard InChI is InChI=1S/C24H40O3/c1-15(4-9-22(26)27)19-7-8-20-18-6-5-16-14-17(25)10-12-23(16,2)21(18)11-13-24(19,20)3/h15-21,25H,4-14H2,1-3H3,(H,26,27)/t15?,16-,17-,18+,19-,20+,21+,23?,24?/m1/s1. The van der Waals surface area contributed by atoms with Gasteiger partial charge in [0.05, 0.1) is 6.10 Å². The van der Waals surface area contributed by atoms with Crippen LogP contribution < -0.4 is 0 Å². The van der Waals surface area contributed by atoms with Crippen molar-refractivity contribution < 1.29 is 15.0 Å². The molecule has 0 saturated heterocycles. The van der Waals surface area contributed by atoms with Gasteiger partial charge in [0.15, 0.2) is 0 Å². The molecule has 4 saturated carbocycles. The Hall–Kier alpha value is -0.570. The van der Waals surface area contributed by atoms with Crippen LogP contribution in [0.1, 0.15) is 91.4 Å².